The van der Waals surface area contributed by atoms with Crippen molar-refractivity contribution in [3.63, 3.8) is 0 Å². The van der Waals surface area contributed by atoms with E-state index < -0.39 is 11.8 Å². The SMILES string of the molecule is CC[C@@H](C)c1ccc2c(c1)[C@@H]1c3ccccc3[C@@H]2[C@@H]2C(=O)N(c3ccc(Cl)c(Cl)c3)C(=O)[C@H]12. The summed E-state index contributed by atoms with van der Waals surface area (Å²) in [6.45, 7) is 4.42. The van der Waals surface area contributed by atoms with Gasteiger partial charge in [-0.2, -0.15) is 0 Å². The standard InChI is InChI=1S/C28H23Cl2NO2/c1-3-14(2)15-8-10-19-20(12-15)24-18-7-5-4-6-17(18)23(19)25-26(24)28(33)31(27(25)32)16-9-11-21(29)22(30)13-16/h4-14,23-26H,3H2,1-2H3/t14-,23+,24+,25+,26-/m1/s1. The second-order valence-electron chi connectivity index (χ2n) is 9.44. The van der Waals surface area contributed by atoms with Crippen LogP contribution in [0.25, 0.3) is 0 Å². The van der Waals surface area contributed by atoms with Gasteiger partial charge in [-0.3, -0.25) is 9.59 Å². The monoisotopic (exact) mass is 475 g/mol. The maximum Gasteiger partial charge on any atom is 0.238 e. The molecule has 0 aromatic heterocycles. The van der Waals surface area contributed by atoms with Gasteiger partial charge < -0.3 is 0 Å². The van der Waals surface area contributed by atoms with Crippen molar-refractivity contribution in [1.29, 1.82) is 0 Å². The Kier molecular flexibility index (Phi) is 4.73. The number of carbonyl (C=O) groups is 2. The van der Waals surface area contributed by atoms with Crippen LogP contribution in [0.3, 0.4) is 0 Å². The first-order valence-electron chi connectivity index (χ1n) is 11.5. The van der Waals surface area contributed by atoms with E-state index in [1.165, 1.54) is 32.7 Å². The molecule has 1 saturated heterocycles. The first kappa shape index (κ1) is 20.9. The fraction of sp³-hybridized carbons (Fsp3) is 0.286. The molecule has 5 atom stereocenters. The zero-order chi connectivity index (χ0) is 23.0. The highest BCUT2D eigenvalue weighted by Gasteiger charge is 2.61. The number of amides is 2. The van der Waals surface area contributed by atoms with Gasteiger partial charge in [-0.1, -0.05) is 79.5 Å². The minimum absolute atomic E-state index is 0.124. The second-order valence-corrected chi connectivity index (χ2v) is 10.3. The number of anilines is 1. The van der Waals surface area contributed by atoms with E-state index in [1.54, 1.807) is 18.2 Å². The van der Waals surface area contributed by atoms with Gasteiger partial charge in [0.15, 0.2) is 0 Å². The van der Waals surface area contributed by atoms with E-state index in [9.17, 15) is 9.59 Å². The van der Waals surface area contributed by atoms with E-state index in [-0.39, 0.29) is 23.7 Å². The lowest BCUT2D eigenvalue weighted by molar-refractivity contribution is -0.122. The van der Waals surface area contributed by atoms with Crippen LogP contribution in [0.1, 0.15) is 65.8 Å². The molecular weight excluding hydrogens is 453 g/mol. The van der Waals surface area contributed by atoms with Crippen LogP contribution in [-0.2, 0) is 9.59 Å². The Bertz CT molecular complexity index is 1330. The van der Waals surface area contributed by atoms with Crippen molar-refractivity contribution in [2.45, 2.75) is 38.0 Å². The third-order valence-electron chi connectivity index (χ3n) is 7.91. The molecule has 33 heavy (non-hydrogen) atoms. The van der Waals surface area contributed by atoms with Gasteiger partial charge in [-0.05, 0) is 58.4 Å². The van der Waals surface area contributed by atoms with Crippen molar-refractivity contribution in [2.75, 3.05) is 4.90 Å². The van der Waals surface area contributed by atoms with Crippen LogP contribution in [-0.4, -0.2) is 11.8 Å². The van der Waals surface area contributed by atoms with Crippen LogP contribution in [0.5, 0.6) is 0 Å². The molecule has 3 aliphatic carbocycles. The van der Waals surface area contributed by atoms with Crippen molar-refractivity contribution in [3.05, 3.63) is 98.5 Å². The van der Waals surface area contributed by atoms with Crippen LogP contribution in [0, 0.1) is 11.8 Å². The fourth-order valence-electron chi connectivity index (χ4n) is 6.17. The number of nitrogens with zero attached hydrogens (tertiary/aromatic N) is 1. The first-order chi connectivity index (χ1) is 15.9. The number of imide groups is 1. The number of benzene rings is 3. The van der Waals surface area contributed by atoms with Crippen LogP contribution in [0.2, 0.25) is 10.0 Å². The maximum absolute atomic E-state index is 13.9. The molecule has 0 spiro atoms. The quantitative estimate of drug-likeness (QED) is 0.386. The average molecular weight is 476 g/mol. The molecule has 0 unspecified atom stereocenters. The molecule has 5 heteroatoms. The molecule has 1 aliphatic heterocycles. The van der Waals surface area contributed by atoms with Gasteiger partial charge in [0.25, 0.3) is 0 Å². The molecule has 166 valence electrons. The van der Waals surface area contributed by atoms with Gasteiger partial charge in [-0.25, -0.2) is 4.90 Å². The summed E-state index contributed by atoms with van der Waals surface area (Å²) in [5.41, 5.74) is 6.51. The number of hydrogen-bond donors (Lipinski definition) is 0. The number of halogens is 2. The van der Waals surface area contributed by atoms with E-state index in [4.69, 9.17) is 23.2 Å². The summed E-state index contributed by atoms with van der Waals surface area (Å²) in [5.74, 6) is -0.923. The highest BCUT2D eigenvalue weighted by atomic mass is 35.5. The van der Waals surface area contributed by atoms with E-state index in [1.807, 2.05) is 12.1 Å². The number of carbonyl (C=O) groups excluding carboxylic acids is 2. The molecule has 0 N–H and O–H groups in total. The Hall–Kier alpha value is -2.62. The van der Waals surface area contributed by atoms with Crippen molar-refractivity contribution in [3.8, 4) is 0 Å². The molecule has 1 heterocycles. The summed E-state index contributed by atoms with van der Waals surface area (Å²) in [5, 5.41) is 0.728. The summed E-state index contributed by atoms with van der Waals surface area (Å²) in [4.78, 5) is 29.0. The Morgan fingerprint density at radius 2 is 1.39 bits per heavy atom. The Morgan fingerprint density at radius 1 is 0.788 bits per heavy atom. The largest absolute Gasteiger partial charge is 0.274 e. The topological polar surface area (TPSA) is 37.4 Å². The van der Waals surface area contributed by atoms with Crippen molar-refractivity contribution >= 4 is 40.7 Å². The van der Waals surface area contributed by atoms with Crippen molar-refractivity contribution < 1.29 is 9.59 Å². The smallest absolute Gasteiger partial charge is 0.238 e. The van der Waals surface area contributed by atoms with Gasteiger partial charge in [-0.15, -0.1) is 0 Å². The third-order valence-corrected chi connectivity index (χ3v) is 8.65. The number of hydrogen-bond acceptors (Lipinski definition) is 2. The molecule has 1 fully saturated rings. The van der Waals surface area contributed by atoms with Crippen LogP contribution >= 0.6 is 23.2 Å². The zero-order valence-corrected chi connectivity index (χ0v) is 19.9. The molecule has 0 radical (unpaired) electrons. The highest BCUT2D eigenvalue weighted by Crippen LogP contribution is 2.61. The minimum atomic E-state index is -0.411. The predicted octanol–water partition coefficient (Wildman–Crippen LogP) is 6.90. The van der Waals surface area contributed by atoms with Gasteiger partial charge in [0.05, 0.1) is 27.6 Å². The molecule has 3 aromatic rings. The molecule has 2 bridgehead atoms. The van der Waals surface area contributed by atoms with Crippen LogP contribution in [0.4, 0.5) is 5.69 Å². The lowest BCUT2D eigenvalue weighted by Gasteiger charge is -2.46. The van der Waals surface area contributed by atoms with Crippen molar-refractivity contribution in [2.24, 2.45) is 11.8 Å². The summed E-state index contributed by atoms with van der Waals surface area (Å²) >= 11 is 12.3. The van der Waals surface area contributed by atoms with Crippen LogP contribution in [0.15, 0.2) is 60.7 Å². The highest BCUT2D eigenvalue weighted by molar-refractivity contribution is 6.42. The predicted molar refractivity (Wildman–Crippen MR) is 131 cm³/mol. The Balaban J connectivity index is 1.54. The summed E-state index contributed by atoms with van der Waals surface area (Å²) in [6.07, 6.45) is 1.05. The van der Waals surface area contributed by atoms with Gasteiger partial charge in [0.2, 0.25) is 11.8 Å². The lowest BCUT2D eigenvalue weighted by Crippen LogP contribution is -2.41. The maximum atomic E-state index is 13.9. The third kappa shape index (κ3) is 2.82. The Labute approximate surface area is 203 Å². The van der Waals surface area contributed by atoms with E-state index in [0.29, 0.717) is 21.7 Å². The molecule has 3 aromatic carbocycles. The normalized spacial score (nSPS) is 25.6. The second kappa shape index (κ2) is 7.44. The van der Waals surface area contributed by atoms with Gasteiger partial charge in [0, 0.05) is 11.8 Å². The fourth-order valence-corrected chi connectivity index (χ4v) is 6.46. The minimum Gasteiger partial charge on any atom is -0.274 e. The Morgan fingerprint density at radius 3 is 2.00 bits per heavy atom. The molecular formula is C28H23Cl2NO2. The average Bonchev–Trinajstić information content (AvgIpc) is 3.10. The molecule has 4 aliphatic rings. The van der Waals surface area contributed by atoms with Gasteiger partial charge >= 0.3 is 0 Å². The summed E-state index contributed by atoms with van der Waals surface area (Å²) in [6, 6.07) is 19.9. The van der Waals surface area contributed by atoms with E-state index in [2.05, 4.69) is 44.2 Å². The van der Waals surface area contributed by atoms with Crippen molar-refractivity contribution in [1.82, 2.24) is 0 Å². The van der Waals surface area contributed by atoms with E-state index in [0.717, 1.165) is 6.42 Å². The van der Waals surface area contributed by atoms with Crippen LogP contribution < -0.4 is 4.90 Å². The number of rotatable bonds is 3. The van der Waals surface area contributed by atoms with Gasteiger partial charge in [0.1, 0.15) is 0 Å². The molecule has 2 amide bonds. The summed E-state index contributed by atoms with van der Waals surface area (Å²) < 4.78 is 0. The molecule has 0 saturated carbocycles. The zero-order valence-electron chi connectivity index (χ0n) is 18.4. The lowest BCUT2D eigenvalue weighted by atomic mass is 9.54. The first-order valence-corrected chi connectivity index (χ1v) is 12.2. The summed E-state index contributed by atoms with van der Waals surface area (Å²) in [7, 11) is 0. The molecule has 7 rings (SSSR count). The molecule has 3 nitrogen and oxygen atoms in total. The van der Waals surface area contributed by atoms with E-state index >= 15 is 0 Å².